The number of rotatable bonds is 5. The second-order valence-electron chi connectivity index (χ2n) is 8.79. The Balaban J connectivity index is 1.25. The van der Waals surface area contributed by atoms with Crippen molar-refractivity contribution in [3.63, 3.8) is 0 Å². The van der Waals surface area contributed by atoms with Gasteiger partial charge in [-0.25, -0.2) is 9.18 Å². The van der Waals surface area contributed by atoms with Crippen LogP contribution in [0.25, 0.3) is 0 Å². The molecule has 5 nitrogen and oxygen atoms in total. The summed E-state index contributed by atoms with van der Waals surface area (Å²) in [6, 6.07) is 14.7. The first kappa shape index (κ1) is 21.8. The van der Waals surface area contributed by atoms with Gasteiger partial charge in [0, 0.05) is 19.6 Å². The van der Waals surface area contributed by atoms with E-state index >= 15 is 0 Å². The Kier molecular flexibility index (Phi) is 7.20. The molecule has 2 aromatic carbocycles. The van der Waals surface area contributed by atoms with Gasteiger partial charge in [0.25, 0.3) is 0 Å². The van der Waals surface area contributed by atoms with Crippen LogP contribution in [0.2, 0.25) is 0 Å². The molecule has 2 saturated heterocycles. The van der Waals surface area contributed by atoms with Gasteiger partial charge in [-0.2, -0.15) is 0 Å². The number of benzene rings is 2. The summed E-state index contributed by atoms with van der Waals surface area (Å²) in [4.78, 5) is 16.9. The highest BCUT2D eigenvalue weighted by molar-refractivity contribution is 5.74. The van der Waals surface area contributed by atoms with E-state index in [1.807, 2.05) is 0 Å². The maximum absolute atomic E-state index is 13.2. The summed E-state index contributed by atoms with van der Waals surface area (Å²) in [5.74, 6) is 0.574. The smallest absolute Gasteiger partial charge is 0.317 e. The molecule has 31 heavy (non-hydrogen) atoms. The number of hydrogen-bond acceptors (Lipinski definition) is 3. The second-order valence-corrected chi connectivity index (χ2v) is 8.79. The Labute approximate surface area is 184 Å². The van der Waals surface area contributed by atoms with Crippen LogP contribution in [-0.2, 0) is 17.8 Å². The van der Waals surface area contributed by atoms with Gasteiger partial charge in [-0.1, -0.05) is 43.3 Å². The topological polar surface area (TPSA) is 44.8 Å². The molecule has 6 heteroatoms. The fraction of sp³-hybridized carbons (Fsp3) is 0.480. The first-order valence-electron chi connectivity index (χ1n) is 11.3. The molecule has 0 aliphatic carbocycles. The van der Waals surface area contributed by atoms with Crippen LogP contribution < -0.4 is 5.32 Å². The quantitative estimate of drug-likeness (QED) is 0.775. The zero-order chi connectivity index (χ0) is 21.6. The lowest BCUT2D eigenvalue weighted by atomic mass is 9.99. The van der Waals surface area contributed by atoms with Crippen molar-refractivity contribution in [1.82, 2.24) is 15.1 Å². The number of carbonyl (C=O) groups excluding carboxylic acids is 1. The molecule has 1 N–H and O–H groups in total. The van der Waals surface area contributed by atoms with Crippen molar-refractivity contribution in [3.05, 3.63) is 71.0 Å². The van der Waals surface area contributed by atoms with Gasteiger partial charge < -0.3 is 15.0 Å². The SMILES string of the molecule is CC1CCN(Cc2ccc(CNC(=O)N3CCOC(c4ccc(F)cc4)C3)cc2)CC1. The first-order valence-corrected chi connectivity index (χ1v) is 11.3. The van der Waals surface area contributed by atoms with Gasteiger partial charge in [0.15, 0.2) is 0 Å². The van der Waals surface area contributed by atoms with Crippen LogP contribution in [0, 0.1) is 11.7 Å². The molecule has 0 bridgehead atoms. The van der Waals surface area contributed by atoms with Crippen LogP contribution in [0.15, 0.2) is 48.5 Å². The highest BCUT2D eigenvalue weighted by atomic mass is 19.1. The Morgan fingerprint density at radius 2 is 1.71 bits per heavy atom. The van der Waals surface area contributed by atoms with Crippen molar-refractivity contribution >= 4 is 6.03 Å². The number of nitrogens with zero attached hydrogens (tertiary/aromatic N) is 2. The van der Waals surface area contributed by atoms with E-state index in [0.29, 0.717) is 26.2 Å². The Hall–Kier alpha value is -2.44. The first-order chi connectivity index (χ1) is 15.1. The number of morpholine rings is 1. The van der Waals surface area contributed by atoms with Crippen LogP contribution >= 0.6 is 0 Å². The number of nitrogens with one attached hydrogen (secondary N) is 1. The van der Waals surface area contributed by atoms with Gasteiger partial charge in [0.1, 0.15) is 11.9 Å². The standard InChI is InChI=1S/C25H32FN3O2/c1-19-10-12-28(13-11-19)17-21-4-2-20(3-5-21)16-27-25(30)29-14-15-31-24(18-29)22-6-8-23(26)9-7-22/h2-9,19,24H,10-18H2,1H3,(H,27,30). The fourth-order valence-corrected chi connectivity index (χ4v) is 4.24. The molecule has 166 valence electrons. The molecule has 2 aromatic rings. The molecular weight excluding hydrogens is 393 g/mol. The molecule has 0 radical (unpaired) electrons. The Bertz CT molecular complexity index is 848. The number of halogens is 1. The number of piperidine rings is 1. The molecule has 4 rings (SSSR count). The van der Waals surface area contributed by atoms with Gasteiger partial charge >= 0.3 is 6.03 Å². The van der Waals surface area contributed by atoms with E-state index in [2.05, 4.69) is 41.4 Å². The molecule has 1 atom stereocenters. The minimum absolute atomic E-state index is 0.0954. The number of ether oxygens (including phenoxy) is 1. The van der Waals surface area contributed by atoms with E-state index in [0.717, 1.165) is 23.6 Å². The zero-order valence-corrected chi connectivity index (χ0v) is 18.2. The number of amides is 2. The summed E-state index contributed by atoms with van der Waals surface area (Å²) >= 11 is 0. The van der Waals surface area contributed by atoms with Crippen molar-refractivity contribution in [2.75, 3.05) is 32.8 Å². The largest absolute Gasteiger partial charge is 0.370 e. The molecule has 2 heterocycles. The highest BCUT2D eigenvalue weighted by Crippen LogP contribution is 2.23. The molecule has 2 aliphatic rings. The van der Waals surface area contributed by atoms with Gasteiger partial charge in [0.05, 0.1) is 13.2 Å². The van der Waals surface area contributed by atoms with Gasteiger partial charge in [-0.05, 0) is 60.7 Å². The van der Waals surface area contributed by atoms with E-state index < -0.39 is 0 Å². The predicted molar refractivity (Wildman–Crippen MR) is 119 cm³/mol. The molecule has 0 spiro atoms. The summed E-state index contributed by atoms with van der Waals surface area (Å²) in [5, 5.41) is 3.02. The molecule has 2 aliphatic heterocycles. The van der Waals surface area contributed by atoms with Crippen LogP contribution in [0.3, 0.4) is 0 Å². The average molecular weight is 426 g/mol. The van der Waals surface area contributed by atoms with E-state index in [1.165, 1.54) is 43.6 Å². The van der Waals surface area contributed by atoms with Crippen LogP contribution in [0.4, 0.5) is 9.18 Å². The van der Waals surface area contributed by atoms with Gasteiger partial charge in [0.2, 0.25) is 0 Å². The third-order valence-corrected chi connectivity index (χ3v) is 6.34. The van der Waals surface area contributed by atoms with E-state index in [-0.39, 0.29) is 18.0 Å². The molecular formula is C25H32FN3O2. The number of hydrogen-bond donors (Lipinski definition) is 1. The summed E-state index contributed by atoms with van der Waals surface area (Å²) in [7, 11) is 0. The molecule has 2 amide bonds. The maximum atomic E-state index is 13.2. The average Bonchev–Trinajstić information content (AvgIpc) is 2.80. The highest BCUT2D eigenvalue weighted by Gasteiger charge is 2.25. The zero-order valence-electron chi connectivity index (χ0n) is 18.2. The lowest BCUT2D eigenvalue weighted by Crippen LogP contribution is -2.46. The second kappa shape index (κ2) is 10.2. The lowest BCUT2D eigenvalue weighted by molar-refractivity contribution is -0.0155. The summed E-state index contributed by atoms with van der Waals surface area (Å²) < 4.78 is 18.9. The number of urea groups is 1. The van der Waals surface area contributed by atoms with Crippen molar-refractivity contribution in [2.45, 2.75) is 39.0 Å². The van der Waals surface area contributed by atoms with Crippen molar-refractivity contribution in [2.24, 2.45) is 5.92 Å². The molecule has 0 aromatic heterocycles. The Morgan fingerprint density at radius 3 is 2.42 bits per heavy atom. The number of likely N-dealkylation sites (tertiary alicyclic amines) is 1. The minimum atomic E-state index is -0.272. The monoisotopic (exact) mass is 425 g/mol. The fourth-order valence-electron chi connectivity index (χ4n) is 4.24. The number of carbonyl (C=O) groups is 1. The van der Waals surface area contributed by atoms with E-state index in [1.54, 1.807) is 17.0 Å². The summed E-state index contributed by atoms with van der Waals surface area (Å²) in [5.41, 5.74) is 3.30. The predicted octanol–water partition coefficient (Wildman–Crippen LogP) is 4.34. The van der Waals surface area contributed by atoms with Crippen molar-refractivity contribution in [1.29, 1.82) is 0 Å². The summed E-state index contributed by atoms with van der Waals surface area (Å²) in [6.07, 6.45) is 2.35. The summed E-state index contributed by atoms with van der Waals surface area (Å²) in [6.45, 7) is 7.67. The van der Waals surface area contributed by atoms with Crippen LogP contribution in [0.5, 0.6) is 0 Å². The maximum Gasteiger partial charge on any atom is 0.317 e. The molecule has 1 unspecified atom stereocenters. The van der Waals surface area contributed by atoms with Gasteiger partial charge in [-0.15, -0.1) is 0 Å². The third-order valence-electron chi connectivity index (χ3n) is 6.34. The van der Waals surface area contributed by atoms with E-state index in [9.17, 15) is 9.18 Å². The lowest BCUT2D eigenvalue weighted by Gasteiger charge is -2.33. The normalized spacial score (nSPS) is 20.6. The minimum Gasteiger partial charge on any atom is -0.370 e. The van der Waals surface area contributed by atoms with Gasteiger partial charge in [-0.3, -0.25) is 4.90 Å². The van der Waals surface area contributed by atoms with Crippen LogP contribution in [-0.4, -0.2) is 48.6 Å². The molecule has 0 saturated carbocycles. The van der Waals surface area contributed by atoms with Crippen LogP contribution in [0.1, 0.15) is 42.6 Å². The van der Waals surface area contributed by atoms with Crippen molar-refractivity contribution < 1.29 is 13.9 Å². The van der Waals surface area contributed by atoms with E-state index in [4.69, 9.17) is 4.74 Å². The van der Waals surface area contributed by atoms with Crippen molar-refractivity contribution in [3.8, 4) is 0 Å². The third kappa shape index (κ3) is 6.05. The molecule has 2 fully saturated rings. The Morgan fingerprint density at radius 1 is 1.03 bits per heavy atom.